The minimum absolute atomic E-state index is 0.0680. The minimum Gasteiger partial charge on any atom is -0.392 e. The highest BCUT2D eigenvalue weighted by Gasteiger charge is 2.12. The van der Waals surface area contributed by atoms with E-state index in [2.05, 4.69) is 36.9 Å². The molecule has 0 saturated heterocycles. The van der Waals surface area contributed by atoms with E-state index in [4.69, 9.17) is 0 Å². The summed E-state index contributed by atoms with van der Waals surface area (Å²) < 4.78 is 0. The predicted octanol–water partition coefficient (Wildman–Crippen LogP) is 3.65. The predicted molar refractivity (Wildman–Crippen MR) is 76.2 cm³/mol. The van der Waals surface area contributed by atoms with Crippen LogP contribution in [-0.4, -0.2) is 11.7 Å². The van der Waals surface area contributed by atoms with Crippen molar-refractivity contribution in [3.63, 3.8) is 0 Å². The van der Waals surface area contributed by atoms with Crippen molar-refractivity contribution in [2.45, 2.75) is 20.5 Å². The van der Waals surface area contributed by atoms with Gasteiger partial charge in [0.1, 0.15) is 0 Å². The van der Waals surface area contributed by atoms with Gasteiger partial charge in [0.25, 0.3) is 0 Å². The van der Waals surface area contributed by atoms with Crippen molar-refractivity contribution in [3.05, 3.63) is 59.7 Å². The van der Waals surface area contributed by atoms with E-state index in [-0.39, 0.29) is 6.61 Å². The summed E-state index contributed by atoms with van der Waals surface area (Å²) in [5, 5.41) is 9.45. The molecule has 1 N–H and O–H groups in total. The third-order valence-corrected chi connectivity index (χ3v) is 3.18. The maximum Gasteiger partial charge on any atom is 0.0702 e. The standard InChI is InChI=1S/C16H19NO/c1-3-17(15-10-6-4-8-13(15)2)16-11-7-5-9-14(16)12-18/h4-11,18H,3,12H2,1-2H3. The lowest BCUT2D eigenvalue weighted by Gasteiger charge is -2.27. The number of hydrogen-bond acceptors (Lipinski definition) is 2. The lowest BCUT2D eigenvalue weighted by molar-refractivity contribution is 0.282. The molecule has 0 aliphatic heterocycles. The van der Waals surface area contributed by atoms with Gasteiger partial charge < -0.3 is 10.0 Å². The molecule has 0 radical (unpaired) electrons. The molecule has 0 heterocycles. The molecular formula is C16H19NO. The van der Waals surface area contributed by atoms with Crippen molar-refractivity contribution in [1.82, 2.24) is 0 Å². The smallest absolute Gasteiger partial charge is 0.0702 e. The van der Waals surface area contributed by atoms with Gasteiger partial charge in [0.05, 0.1) is 6.61 Å². The first-order valence-electron chi connectivity index (χ1n) is 6.30. The Hall–Kier alpha value is -1.80. The van der Waals surface area contributed by atoms with Crippen LogP contribution in [0.3, 0.4) is 0 Å². The number of hydrogen-bond donors (Lipinski definition) is 1. The molecule has 0 saturated carbocycles. The molecular weight excluding hydrogens is 222 g/mol. The highest BCUT2D eigenvalue weighted by molar-refractivity contribution is 5.68. The van der Waals surface area contributed by atoms with Crippen molar-refractivity contribution in [2.24, 2.45) is 0 Å². The highest BCUT2D eigenvalue weighted by Crippen LogP contribution is 2.30. The Morgan fingerprint density at radius 1 is 0.944 bits per heavy atom. The zero-order valence-corrected chi connectivity index (χ0v) is 10.9. The van der Waals surface area contributed by atoms with Gasteiger partial charge in [0, 0.05) is 23.5 Å². The van der Waals surface area contributed by atoms with E-state index < -0.39 is 0 Å². The number of aliphatic hydroxyl groups is 1. The van der Waals surface area contributed by atoms with Crippen LogP contribution >= 0.6 is 0 Å². The van der Waals surface area contributed by atoms with Gasteiger partial charge in [-0.2, -0.15) is 0 Å². The van der Waals surface area contributed by atoms with Gasteiger partial charge in [-0.1, -0.05) is 36.4 Å². The summed E-state index contributed by atoms with van der Waals surface area (Å²) in [7, 11) is 0. The van der Waals surface area contributed by atoms with E-state index >= 15 is 0 Å². The maximum atomic E-state index is 9.45. The van der Waals surface area contributed by atoms with Crippen LogP contribution in [0.5, 0.6) is 0 Å². The van der Waals surface area contributed by atoms with Crippen LogP contribution in [0.1, 0.15) is 18.1 Å². The van der Waals surface area contributed by atoms with Crippen LogP contribution in [0.15, 0.2) is 48.5 Å². The second kappa shape index (κ2) is 5.69. The van der Waals surface area contributed by atoms with E-state index in [9.17, 15) is 5.11 Å². The Kier molecular flexibility index (Phi) is 4.00. The average molecular weight is 241 g/mol. The molecule has 2 rings (SSSR count). The van der Waals surface area contributed by atoms with Gasteiger partial charge in [-0.15, -0.1) is 0 Å². The molecule has 0 fully saturated rings. The van der Waals surface area contributed by atoms with E-state index in [0.29, 0.717) is 0 Å². The van der Waals surface area contributed by atoms with E-state index in [1.807, 2.05) is 30.3 Å². The normalized spacial score (nSPS) is 10.4. The van der Waals surface area contributed by atoms with Crippen molar-refractivity contribution in [3.8, 4) is 0 Å². The molecule has 0 unspecified atom stereocenters. The molecule has 0 atom stereocenters. The summed E-state index contributed by atoms with van der Waals surface area (Å²) >= 11 is 0. The zero-order chi connectivity index (χ0) is 13.0. The van der Waals surface area contributed by atoms with Crippen LogP contribution in [-0.2, 0) is 6.61 Å². The van der Waals surface area contributed by atoms with E-state index in [0.717, 1.165) is 17.8 Å². The number of benzene rings is 2. The van der Waals surface area contributed by atoms with Crippen LogP contribution in [0.2, 0.25) is 0 Å². The fourth-order valence-electron chi connectivity index (χ4n) is 2.24. The summed E-state index contributed by atoms with van der Waals surface area (Å²) in [6.07, 6.45) is 0. The van der Waals surface area contributed by atoms with Gasteiger partial charge in [0.15, 0.2) is 0 Å². The fourth-order valence-corrected chi connectivity index (χ4v) is 2.24. The average Bonchev–Trinajstić information content (AvgIpc) is 2.42. The Labute approximate surface area is 109 Å². The minimum atomic E-state index is 0.0680. The molecule has 0 aliphatic carbocycles. The van der Waals surface area contributed by atoms with Crippen LogP contribution < -0.4 is 4.90 Å². The first-order chi connectivity index (χ1) is 8.77. The first-order valence-corrected chi connectivity index (χ1v) is 6.30. The lowest BCUT2D eigenvalue weighted by Crippen LogP contribution is -2.18. The molecule has 0 bridgehead atoms. The number of anilines is 2. The summed E-state index contributed by atoms with van der Waals surface area (Å²) in [5.41, 5.74) is 4.48. The molecule has 18 heavy (non-hydrogen) atoms. The summed E-state index contributed by atoms with van der Waals surface area (Å²) in [4.78, 5) is 2.24. The second-order valence-electron chi connectivity index (χ2n) is 4.32. The molecule has 2 nitrogen and oxygen atoms in total. The number of para-hydroxylation sites is 2. The molecule has 2 aromatic carbocycles. The van der Waals surface area contributed by atoms with E-state index in [1.165, 1.54) is 11.3 Å². The van der Waals surface area contributed by atoms with Crippen LogP contribution in [0.4, 0.5) is 11.4 Å². The number of aryl methyl sites for hydroxylation is 1. The highest BCUT2D eigenvalue weighted by atomic mass is 16.3. The Morgan fingerprint density at radius 2 is 1.56 bits per heavy atom. The van der Waals surface area contributed by atoms with Crippen molar-refractivity contribution >= 4 is 11.4 Å². The van der Waals surface area contributed by atoms with Crippen LogP contribution in [0, 0.1) is 6.92 Å². The van der Waals surface area contributed by atoms with Gasteiger partial charge in [-0.3, -0.25) is 0 Å². The van der Waals surface area contributed by atoms with Crippen molar-refractivity contribution in [1.29, 1.82) is 0 Å². The monoisotopic (exact) mass is 241 g/mol. The fraction of sp³-hybridized carbons (Fsp3) is 0.250. The van der Waals surface area contributed by atoms with Gasteiger partial charge >= 0.3 is 0 Å². The SMILES string of the molecule is CCN(c1ccccc1C)c1ccccc1CO. The molecule has 94 valence electrons. The molecule has 0 spiro atoms. The Bertz CT molecular complexity index is 522. The van der Waals surface area contributed by atoms with Crippen molar-refractivity contribution < 1.29 is 5.11 Å². The van der Waals surface area contributed by atoms with Gasteiger partial charge in [-0.05, 0) is 31.5 Å². The Balaban J connectivity index is 2.49. The number of aliphatic hydroxyl groups excluding tert-OH is 1. The first kappa shape index (κ1) is 12.7. The van der Waals surface area contributed by atoms with Crippen molar-refractivity contribution in [2.75, 3.05) is 11.4 Å². The summed E-state index contributed by atoms with van der Waals surface area (Å²) in [6.45, 7) is 5.18. The second-order valence-corrected chi connectivity index (χ2v) is 4.32. The molecule has 0 amide bonds. The van der Waals surface area contributed by atoms with Crippen LogP contribution in [0.25, 0.3) is 0 Å². The Morgan fingerprint density at radius 3 is 2.17 bits per heavy atom. The lowest BCUT2D eigenvalue weighted by atomic mass is 10.1. The molecule has 0 aromatic heterocycles. The van der Waals surface area contributed by atoms with Gasteiger partial charge in [0.2, 0.25) is 0 Å². The molecule has 0 aliphatic rings. The van der Waals surface area contributed by atoms with E-state index in [1.54, 1.807) is 0 Å². The molecule has 2 heteroatoms. The maximum absolute atomic E-state index is 9.45. The number of rotatable bonds is 4. The topological polar surface area (TPSA) is 23.5 Å². The van der Waals surface area contributed by atoms with Gasteiger partial charge in [-0.25, -0.2) is 0 Å². The summed E-state index contributed by atoms with van der Waals surface area (Å²) in [6, 6.07) is 16.3. The third kappa shape index (κ3) is 2.39. The molecule has 2 aromatic rings. The zero-order valence-electron chi connectivity index (χ0n) is 10.9. The largest absolute Gasteiger partial charge is 0.392 e. The number of nitrogens with zero attached hydrogens (tertiary/aromatic N) is 1. The quantitative estimate of drug-likeness (QED) is 0.883. The third-order valence-electron chi connectivity index (χ3n) is 3.18. The summed E-state index contributed by atoms with van der Waals surface area (Å²) in [5.74, 6) is 0.